The quantitative estimate of drug-likeness (QED) is 0.442. The average Bonchev–Trinajstić information content (AvgIpc) is 3.31. The molecule has 186 valence electrons. The third kappa shape index (κ3) is 4.45. The van der Waals surface area contributed by atoms with Crippen molar-refractivity contribution in [2.24, 2.45) is 0 Å². The standard InChI is InChI=1S/C25H23ClFN5O4/c1-36-21-7-2-16(12-20(21)26)23(33)30-10-8-25(35,9-11-30)14-31-15-28-22-19(24(31)34)13-29-32(22)18-5-3-17(27)4-6-18/h2-7,12-13,15,35H,8-11,14H2,1H3. The van der Waals surface area contributed by atoms with Gasteiger partial charge in [0.1, 0.15) is 23.3 Å². The van der Waals surface area contributed by atoms with Crippen LogP contribution in [0.5, 0.6) is 5.75 Å². The Balaban J connectivity index is 1.30. The maximum Gasteiger partial charge on any atom is 0.264 e. The number of aromatic nitrogens is 4. The Kier molecular flexibility index (Phi) is 6.23. The third-order valence-electron chi connectivity index (χ3n) is 6.47. The molecule has 9 nitrogen and oxygen atoms in total. The van der Waals surface area contributed by atoms with Crippen LogP contribution < -0.4 is 10.3 Å². The molecule has 0 bridgehead atoms. The van der Waals surface area contributed by atoms with Crippen LogP contribution in [0.15, 0.2) is 59.8 Å². The number of carbonyl (C=O) groups excluding carboxylic acids is 1. The van der Waals surface area contributed by atoms with E-state index >= 15 is 0 Å². The highest BCUT2D eigenvalue weighted by molar-refractivity contribution is 6.32. The van der Waals surface area contributed by atoms with Gasteiger partial charge in [0.05, 0.1) is 36.2 Å². The molecule has 0 unspecified atom stereocenters. The predicted molar refractivity (Wildman–Crippen MR) is 131 cm³/mol. The summed E-state index contributed by atoms with van der Waals surface area (Å²) in [6.45, 7) is 0.685. The zero-order chi connectivity index (χ0) is 25.4. The van der Waals surface area contributed by atoms with Gasteiger partial charge in [0.15, 0.2) is 5.65 Å². The van der Waals surface area contributed by atoms with E-state index in [2.05, 4.69) is 10.1 Å². The molecule has 0 atom stereocenters. The van der Waals surface area contributed by atoms with Crippen LogP contribution in [-0.4, -0.2) is 61.0 Å². The minimum Gasteiger partial charge on any atom is -0.495 e. The van der Waals surface area contributed by atoms with E-state index in [1.54, 1.807) is 35.2 Å². The molecule has 36 heavy (non-hydrogen) atoms. The molecule has 0 aliphatic carbocycles. The number of aliphatic hydroxyl groups is 1. The van der Waals surface area contributed by atoms with E-state index in [-0.39, 0.29) is 29.2 Å². The summed E-state index contributed by atoms with van der Waals surface area (Å²) in [4.78, 5) is 32.0. The maximum absolute atomic E-state index is 13.3. The van der Waals surface area contributed by atoms with E-state index in [1.807, 2.05) is 0 Å². The molecule has 0 radical (unpaired) electrons. The molecule has 1 amide bonds. The number of halogens is 2. The number of hydrogen-bond acceptors (Lipinski definition) is 6. The van der Waals surface area contributed by atoms with E-state index in [0.29, 0.717) is 53.6 Å². The lowest BCUT2D eigenvalue weighted by Gasteiger charge is -2.38. The number of likely N-dealkylation sites (tertiary alicyclic amines) is 1. The number of benzene rings is 2. The van der Waals surface area contributed by atoms with Gasteiger partial charge in [-0.05, 0) is 55.3 Å². The summed E-state index contributed by atoms with van der Waals surface area (Å²) >= 11 is 6.15. The summed E-state index contributed by atoms with van der Waals surface area (Å²) in [5.74, 6) is -0.0742. The van der Waals surface area contributed by atoms with Gasteiger partial charge in [-0.3, -0.25) is 14.2 Å². The van der Waals surface area contributed by atoms with Gasteiger partial charge < -0.3 is 14.7 Å². The van der Waals surface area contributed by atoms with Gasteiger partial charge in [-0.2, -0.15) is 5.10 Å². The summed E-state index contributed by atoms with van der Waals surface area (Å²) in [5, 5.41) is 16.1. The molecule has 1 aliphatic heterocycles. The molecule has 0 saturated carbocycles. The molecule has 11 heteroatoms. The van der Waals surface area contributed by atoms with Crippen LogP contribution in [0, 0.1) is 5.82 Å². The van der Waals surface area contributed by atoms with Crippen LogP contribution in [0.3, 0.4) is 0 Å². The summed E-state index contributed by atoms with van der Waals surface area (Å²) in [6.07, 6.45) is 3.38. The van der Waals surface area contributed by atoms with Crippen LogP contribution in [0.4, 0.5) is 4.39 Å². The number of methoxy groups -OCH3 is 1. The molecular formula is C25H23ClFN5O4. The monoisotopic (exact) mass is 511 g/mol. The SMILES string of the molecule is COc1ccc(C(=O)N2CCC(O)(Cn3cnc4c(cnn4-c4ccc(F)cc4)c3=O)CC2)cc1Cl. The molecule has 1 N–H and O–H groups in total. The maximum atomic E-state index is 13.3. The number of piperidine rings is 1. The minimum absolute atomic E-state index is 0.0346. The first-order chi connectivity index (χ1) is 17.3. The normalized spacial score (nSPS) is 15.3. The number of rotatable bonds is 5. The molecule has 5 rings (SSSR count). The van der Waals surface area contributed by atoms with Crippen molar-refractivity contribution in [1.29, 1.82) is 0 Å². The predicted octanol–water partition coefficient (Wildman–Crippen LogP) is 3.05. The summed E-state index contributed by atoms with van der Waals surface area (Å²) < 4.78 is 21.2. The largest absolute Gasteiger partial charge is 0.495 e. The highest BCUT2D eigenvalue weighted by Crippen LogP contribution is 2.28. The van der Waals surface area contributed by atoms with Crippen molar-refractivity contribution >= 4 is 28.5 Å². The Morgan fingerprint density at radius 3 is 2.58 bits per heavy atom. The Labute approximate surface area is 210 Å². The second kappa shape index (κ2) is 9.36. The van der Waals surface area contributed by atoms with Crippen molar-refractivity contribution in [2.75, 3.05) is 20.2 Å². The fourth-order valence-electron chi connectivity index (χ4n) is 4.42. The zero-order valence-corrected chi connectivity index (χ0v) is 20.2. The van der Waals surface area contributed by atoms with Gasteiger partial charge in [0.2, 0.25) is 0 Å². The van der Waals surface area contributed by atoms with Crippen molar-refractivity contribution in [3.8, 4) is 11.4 Å². The van der Waals surface area contributed by atoms with Crippen molar-refractivity contribution < 1.29 is 19.0 Å². The van der Waals surface area contributed by atoms with Gasteiger partial charge in [0, 0.05) is 18.7 Å². The minimum atomic E-state index is -1.18. The number of fused-ring (bicyclic) bond motifs is 1. The van der Waals surface area contributed by atoms with E-state index in [4.69, 9.17) is 16.3 Å². The molecule has 1 aliphatic rings. The van der Waals surface area contributed by atoms with Crippen molar-refractivity contribution in [2.45, 2.75) is 25.0 Å². The van der Waals surface area contributed by atoms with Gasteiger partial charge in [-0.15, -0.1) is 0 Å². The Morgan fingerprint density at radius 2 is 1.92 bits per heavy atom. The molecule has 1 saturated heterocycles. The first-order valence-electron chi connectivity index (χ1n) is 11.3. The van der Waals surface area contributed by atoms with Gasteiger partial charge in [0.25, 0.3) is 11.5 Å². The molecule has 4 aromatic rings. The number of hydrogen-bond donors (Lipinski definition) is 1. The summed E-state index contributed by atoms with van der Waals surface area (Å²) in [5.41, 5.74) is -0.165. The van der Waals surface area contributed by atoms with Crippen LogP contribution in [0.2, 0.25) is 5.02 Å². The van der Waals surface area contributed by atoms with Crippen LogP contribution in [0.1, 0.15) is 23.2 Å². The topological polar surface area (TPSA) is 102 Å². The van der Waals surface area contributed by atoms with Crippen molar-refractivity contribution in [3.05, 3.63) is 81.7 Å². The first kappa shape index (κ1) is 24.0. The molecule has 3 heterocycles. The van der Waals surface area contributed by atoms with E-state index in [1.165, 1.54) is 41.0 Å². The summed E-state index contributed by atoms with van der Waals surface area (Å²) in [6, 6.07) is 10.6. The Bertz CT molecular complexity index is 1490. The third-order valence-corrected chi connectivity index (χ3v) is 6.77. The number of nitrogens with zero attached hydrogens (tertiary/aromatic N) is 5. The van der Waals surface area contributed by atoms with Crippen LogP contribution in [-0.2, 0) is 6.54 Å². The zero-order valence-electron chi connectivity index (χ0n) is 19.4. The Morgan fingerprint density at radius 1 is 1.19 bits per heavy atom. The van der Waals surface area contributed by atoms with Crippen LogP contribution in [0.25, 0.3) is 16.7 Å². The Hall–Kier alpha value is -3.76. The lowest BCUT2D eigenvalue weighted by atomic mass is 9.91. The van der Waals surface area contributed by atoms with Gasteiger partial charge >= 0.3 is 0 Å². The highest BCUT2D eigenvalue weighted by atomic mass is 35.5. The van der Waals surface area contributed by atoms with Crippen LogP contribution >= 0.6 is 11.6 Å². The average molecular weight is 512 g/mol. The number of carbonyl (C=O) groups is 1. The lowest BCUT2D eigenvalue weighted by Crippen LogP contribution is -2.49. The van der Waals surface area contributed by atoms with Gasteiger partial charge in [-0.25, -0.2) is 14.1 Å². The molecule has 0 spiro atoms. The fraction of sp³-hybridized carbons (Fsp3) is 0.280. The highest BCUT2D eigenvalue weighted by Gasteiger charge is 2.35. The summed E-state index contributed by atoms with van der Waals surface area (Å²) in [7, 11) is 1.50. The smallest absolute Gasteiger partial charge is 0.264 e. The van der Waals surface area contributed by atoms with Crippen molar-refractivity contribution in [1.82, 2.24) is 24.2 Å². The molecular weight excluding hydrogens is 489 g/mol. The van der Waals surface area contributed by atoms with E-state index < -0.39 is 5.60 Å². The van der Waals surface area contributed by atoms with Crippen molar-refractivity contribution in [3.63, 3.8) is 0 Å². The lowest BCUT2D eigenvalue weighted by molar-refractivity contribution is -0.0299. The molecule has 1 fully saturated rings. The molecule has 2 aromatic heterocycles. The van der Waals surface area contributed by atoms with E-state index in [0.717, 1.165) is 0 Å². The van der Waals surface area contributed by atoms with Gasteiger partial charge in [-0.1, -0.05) is 11.6 Å². The number of amides is 1. The second-order valence-electron chi connectivity index (χ2n) is 8.81. The second-order valence-corrected chi connectivity index (χ2v) is 9.22. The molecule has 2 aromatic carbocycles. The first-order valence-corrected chi connectivity index (χ1v) is 11.7. The fourth-order valence-corrected chi connectivity index (χ4v) is 4.67. The number of ether oxygens (including phenoxy) is 1. The van der Waals surface area contributed by atoms with E-state index in [9.17, 15) is 19.1 Å².